The monoisotopic (exact) mass is 400 g/mol. The Balaban J connectivity index is 2.09. The van der Waals surface area contributed by atoms with Crippen LogP contribution >= 0.6 is 0 Å². The maximum absolute atomic E-state index is 13.6. The van der Waals surface area contributed by atoms with Crippen LogP contribution in [0.3, 0.4) is 0 Å². The molecule has 0 aliphatic carbocycles. The number of hydrogen-bond donors (Lipinski definition) is 0. The number of carbonyl (C=O) groups is 2. The van der Waals surface area contributed by atoms with E-state index in [2.05, 4.69) is 0 Å². The zero-order valence-corrected chi connectivity index (χ0v) is 17.7. The molecule has 1 aliphatic rings. The summed E-state index contributed by atoms with van der Waals surface area (Å²) in [6.45, 7) is 1.95. The van der Waals surface area contributed by atoms with E-state index in [1.54, 1.807) is 16.5 Å². The number of imide groups is 1. The summed E-state index contributed by atoms with van der Waals surface area (Å²) in [4.78, 5) is 28.7. The van der Waals surface area contributed by atoms with Gasteiger partial charge in [-0.1, -0.05) is 97.9 Å². The van der Waals surface area contributed by atoms with E-state index >= 15 is 0 Å². The molecule has 5 heteroatoms. The maximum atomic E-state index is 13.6. The number of rotatable bonds is 5. The molecule has 0 aromatic heterocycles. The van der Waals surface area contributed by atoms with Gasteiger partial charge in [-0.05, 0) is 22.0 Å². The molecule has 0 saturated carbocycles. The summed E-state index contributed by atoms with van der Waals surface area (Å²) in [5.41, 5.74) is 0. The highest BCUT2D eigenvalue weighted by Gasteiger charge is 2.57. The molecule has 1 aliphatic heterocycles. The Morgan fingerprint density at radius 1 is 0.724 bits per heavy atom. The maximum Gasteiger partial charge on any atom is 0.319 e. The van der Waals surface area contributed by atoms with Gasteiger partial charge < -0.3 is 4.90 Å². The molecule has 4 nitrogen and oxygen atoms in total. The highest BCUT2D eigenvalue weighted by atomic mass is 28.3. The molecular weight excluding hydrogens is 376 g/mol. The van der Waals surface area contributed by atoms with E-state index in [9.17, 15) is 9.59 Å². The van der Waals surface area contributed by atoms with Crippen LogP contribution in [0.15, 0.2) is 91.0 Å². The average molecular weight is 401 g/mol. The summed E-state index contributed by atoms with van der Waals surface area (Å²) in [7, 11) is -1.39. The summed E-state index contributed by atoms with van der Waals surface area (Å²) in [5, 5.41) is 3.05. The second-order valence-electron chi connectivity index (χ2n) is 7.30. The van der Waals surface area contributed by atoms with Gasteiger partial charge in [0.15, 0.2) is 0 Å². The molecule has 0 N–H and O–H groups in total. The first-order valence-electron chi connectivity index (χ1n) is 9.89. The standard InChI is InChI=1S/C24H24N2O2Si/c1-3-22-23(27)26(24(28)25(22)2)29(19-13-7-4-8-14-19,20-15-9-5-10-16-20)21-17-11-6-12-18-21/h4-18,22H,3H2,1-2H3. The van der Waals surface area contributed by atoms with Crippen molar-refractivity contribution in [1.29, 1.82) is 0 Å². The third-order valence-corrected chi connectivity index (χ3v) is 10.4. The minimum Gasteiger partial charge on any atom is -0.316 e. The van der Waals surface area contributed by atoms with E-state index in [1.165, 1.54) is 0 Å². The van der Waals surface area contributed by atoms with Gasteiger partial charge >= 0.3 is 6.03 Å². The van der Waals surface area contributed by atoms with Crippen LogP contribution < -0.4 is 15.6 Å². The van der Waals surface area contributed by atoms with Gasteiger partial charge in [-0.15, -0.1) is 0 Å². The van der Waals surface area contributed by atoms with Crippen LogP contribution in [0.1, 0.15) is 13.3 Å². The van der Waals surface area contributed by atoms with E-state index in [0.29, 0.717) is 6.42 Å². The van der Waals surface area contributed by atoms with Gasteiger partial charge in [0, 0.05) is 7.05 Å². The van der Waals surface area contributed by atoms with Crippen LogP contribution in [0.5, 0.6) is 0 Å². The Kier molecular flexibility index (Phi) is 5.07. The van der Waals surface area contributed by atoms with Crippen LogP contribution in [-0.2, 0) is 4.79 Å². The summed E-state index contributed by atoms with van der Waals surface area (Å²) < 4.78 is 1.60. The largest absolute Gasteiger partial charge is 0.319 e. The van der Waals surface area contributed by atoms with Gasteiger partial charge in [-0.3, -0.25) is 9.36 Å². The minimum absolute atomic E-state index is 0.108. The average Bonchev–Trinajstić information content (AvgIpc) is 3.00. The SMILES string of the molecule is CCC1C(=O)N([Si](c2ccccc2)(c2ccccc2)c2ccccc2)C(=O)N1C. The van der Waals surface area contributed by atoms with Crippen molar-refractivity contribution in [2.75, 3.05) is 7.05 Å². The van der Waals surface area contributed by atoms with Crippen molar-refractivity contribution < 1.29 is 9.59 Å². The van der Waals surface area contributed by atoms with Gasteiger partial charge in [0.2, 0.25) is 5.91 Å². The molecule has 1 saturated heterocycles. The van der Waals surface area contributed by atoms with Crippen molar-refractivity contribution in [2.45, 2.75) is 19.4 Å². The molecule has 3 amide bonds. The molecule has 0 radical (unpaired) electrons. The normalized spacial score (nSPS) is 17.1. The van der Waals surface area contributed by atoms with E-state index < -0.39 is 14.3 Å². The predicted octanol–water partition coefficient (Wildman–Crippen LogP) is 2.33. The van der Waals surface area contributed by atoms with E-state index in [-0.39, 0.29) is 11.9 Å². The topological polar surface area (TPSA) is 40.6 Å². The number of urea groups is 1. The second kappa shape index (κ2) is 7.68. The van der Waals surface area contributed by atoms with E-state index in [0.717, 1.165) is 15.6 Å². The number of likely N-dealkylation sites (N-methyl/N-ethyl adjacent to an activating group) is 1. The van der Waals surface area contributed by atoms with E-state index in [4.69, 9.17) is 0 Å². The summed E-state index contributed by atoms with van der Waals surface area (Å²) in [6, 6.07) is 29.4. The van der Waals surface area contributed by atoms with Crippen molar-refractivity contribution in [3.63, 3.8) is 0 Å². The van der Waals surface area contributed by atoms with Crippen molar-refractivity contribution >= 4 is 35.7 Å². The molecule has 1 heterocycles. The van der Waals surface area contributed by atoms with Gasteiger partial charge in [-0.2, -0.15) is 0 Å². The lowest BCUT2D eigenvalue weighted by atomic mass is 10.2. The molecule has 1 atom stereocenters. The summed E-state index contributed by atoms with van der Waals surface area (Å²) in [5.74, 6) is -0.108. The lowest BCUT2D eigenvalue weighted by molar-refractivity contribution is -0.125. The van der Waals surface area contributed by atoms with Gasteiger partial charge in [0.05, 0.1) is 0 Å². The molecule has 1 fully saturated rings. The van der Waals surface area contributed by atoms with Crippen LogP contribution in [-0.4, -0.2) is 42.7 Å². The van der Waals surface area contributed by atoms with E-state index in [1.807, 2.05) is 97.9 Å². The Hall–Kier alpha value is -3.18. The molecule has 3 aromatic carbocycles. The zero-order valence-electron chi connectivity index (χ0n) is 16.7. The van der Waals surface area contributed by atoms with Crippen LogP contribution in [0.25, 0.3) is 0 Å². The third kappa shape index (κ3) is 2.89. The van der Waals surface area contributed by atoms with Crippen LogP contribution in [0, 0.1) is 0 Å². The lowest BCUT2D eigenvalue weighted by Crippen LogP contribution is -2.78. The summed E-state index contributed by atoms with van der Waals surface area (Å²) >= 11 is 0. The van der Waals surface area contributed by atoms with Crippen LogP contribution in [0.2, 0.25) is 0 Å². The Morgan fingerprint density at radius 2 is 1.10 bits per heavy atom. The highest BCUT2D eigenvalue weighted by molar-refractivity contribution is 7.11. The molecule has 3 aromatic rings. The number of benzene rings is 3. The number of nitrogens with zero attached hydrogens (tertiary/aromatic N) is 2. The van der Waals surface area contributed by atoms with Crippen LogP contribution in [0.4, 0.5) is 4.79 Å². The first-order chi connectivity index (χ1) is 14.1. The third-order valence-electron chi connectivity index (χ3n) is 5.76. The first-order valence-corrected chi connectivity index (χ1v) is 11.8. The lowest BCUT2D eigenvalue weighted by Gasteiger charge is -2.39. The second-order valence-corrected chi connectivity index (χ2v) is 10.9. The van der Waals surface area contributed by atoms with Crippen molar-refractivity contribution in [1.82, 2.24) is 9.47 Å². The number of carbonyl (C=O) groups excluding carboxylic acids is 2. The predicted molar refractivity (Wildman–Crippen MR) is 118 cm³/mol. The first kappa shape index (κ1) is 19.1. The quantitative estimate of drug-likeness (QED) is 0.375. The fourth-order valence-electron chi connectivity index (χ4n) is 4.38. The molecule has 29 heavy (non-hydrogen) atoms. The van der Waals surface area contributed by atoms with Crippen molar-refractivity contribution in [3.05, 3.63) is 91.0 Å². The fraction of sp³-hybridized carbons (Fsp3) is 0.167. The Bertz CT molecular complexity index is 912. The van der Waals surface area contributed by atoms with Gasteiger partial charge in [-0.25, -0.2) is 4.79 Å². The highest BCUT2D eigenvalue weighted by Crippen LogP contribution is 2.25. The Morgan fingerprint density at radius 3 is 1.41 bits per heavy atom. The Labute approximate surface area is 172 Å². The molecule has 0 spiro atoms. The van der Waals surface area contributed by atoms with Gasteiger partial charge in [0.1, 0.15) is 6.04 Å². The number of amides is 3. The van der Waals surface area contributed by atoms with Crippen molar-refractivity contribution in [3.8, 4) is 0 Å². The molecule has 4 rings (SSSR count). The van der Waals surface area contributed by atoms with Gasteiger partial charge in [0.25, 0.3) is 8.24 Å². The molecule has 0 bridgehead atoms. The summed E-state index contributed by atoms with van der Waals surface area (Å²) in [6.07, 6.45) is 0.598. The minimum atomic E-state index is -3.12. The fourth-order valence-corrected chi connectivity index (χ4v) is 9.11. The zero-order chi connectivity index (χ0) is 20.4. The molecule has 1 unspecified atom stereocenters. The van der Waals surface area contributed by atoms with Crippen molar-refractivity contribution in [2.24, 2.45) is 0 Å². The molecular formula is C24H24N2O2Si. The smallest absolute Gasteiger partial charge is 0.316 e. The number of hydrogen-bond acceptors (Lipinski definition) is 2. The molecule has 146 valence electrons.